The quantitative estimate of drug-likeness (QED) is 0.0229. The fraction of sp³-hybridized carbons (Fsp3) is 0.375. The molecule has 132 heavy (non-hydrogen) atoms. The molecular formula is C112H136N20. The number of aromatic nitrogens is 12. The molecule has 4 saturated carbocycles. The standard InChI is InChI=1S/C31H37N3.C30H35N3.C26H33N7.C25H31N7/c1-33(2)31(26-14-8-5-9-15-26)20-18-27(19-21-31)34(3)30(24-12-6-4-7-13-24)22-25-23-32-29-17-11-10-16-28(25)29;1-33(2)30(25-13-7-4-8-14-25)19-17-26(18-20-30)32-29(23-11-5-3-6-12-23)21-24-22-31-28-16-10-9-15-27(24)28;1-32(2)26(20-9-5-4-6-10-20)15-13-21(14-16-26)33(3)24(25-28-30-31-29-25)17-19-18-27-23-12-8-7-11-22(19)23;1-32(2)25(19-8-4-3-5-9-19)14-12-20(13-15-25)27-23(24-28-30-31-29-24)16-18-17-26-22-11-7-6-10-21(18)22/h4-17,23,27,30,32H,18-22H2,1-3H3;3-16,22,26,29,31-32H,17-21H2,1-2H3;4-12,18,21,24,27H,13-17H2,1-3H3,(H,28,29,30,31);3-11,17,20,23,26-27H,12-16H2,1-2H3,(H,28,29,30,31). The highest BCUT2D eigenvalue weighted by Crippen LogP contribution is 2.48. The highest BCUT2D eigenvalue weighted by Gasteiger charge is 2.45. The average Bonchev–Trinajstić information content (AvgIpc) is 0.872. The maximum absolute atomic E-state index is 4.39. The second-order valence-electron chi connectivity index (χ2n) is 38.6. The van der Waals surface area contributed by atoms with Crippen LogP contribution in [0.3, 0.4) is 0 Å². The lowest BCUT2D eigenvalue weighted by atomic mass is 9.73. The summed E-state index contributed by atoms with van der Waals surface area (Å²) in [5.41, 5.74) is 19.1. The number of fused-ring (bicyclic) bond motifs is 4. The van der Waals surface area contributed by atoms with Gasteiger partial charge in [0.05, 0.1) is 12.1 Å². The molecule has 0 amide bonds. The van der Waals surface area contributed by atoms with E-state index in [1.165, 1.54) is 145 Å². The first-order valence-corrected chi connectivity index (χ1v) is 48.1. The SMILES string of the molecule is CN(C)C1(c2ccccc2)CCC(NC(Cc2c[nH]c3ccccc23)c2ccccc2)CC1.CN(C)C1(c2ccccc2)CCC(NC(Cc2c[nH]c3ccccc23)c2nn[nH]n2)CC1.CN(C1CCC(c2ccccc2)(N(C)C)CC1)C(Cc1c[nH]c2ccccc12)c1ccccc1.CN(C1CCC(c2ccccc2)(N(C)C)CC1)C(Cc1c[nH]c2ccccc12)c1nn[nH]n1. The van der Waals surface area contributed by atoms with Gasteiger partial charge in [-0.1, -0.05) is 265 Å². The number of H-pyrrole nitrogens is 6. The molecule has 6 heterocycles. The molecule has 4 fully saturated rings. The van der Waals surface area contributed by atoms with Crippen LogP contribution in [0.1, 0.15) is 194 Å². The largest absolute Gasteiger partial charge is 0.361 e. The van der Waals surface area contributed by atoms with Crippen LogP contribution in [-0.4, -0.2) is 185 Å². The van der Waals surface area contributed by atoms with Crippen LogP contribution in [0.2, 0.25) is 0 Å². The molecule has 6 aromatic heterocycles. The molecule has 0 spiro atoms. The molecule has 0 saturated heterocycles. The van der Waals surface area contributed by atoms with Crippen LogP contribution in [0.15, 0.2) is 304 Å². The van der Waals surface area contributed by atoms with Crippen LogP contribution in [0.25, 0.3) is 43.6 Å². The summed E-state index contributed by atoms with van der Waals surface area (Å²) in [5, 5.41) is 43.5. The van der Waals surface area contributed by atoms with E-state index in [-0.39, 0.29) is 34.2 Å². The molecule has 0 radical (unpaired) electrons. The minimum Gasteiger partial charge on any atom is -0.361 e. The minimum absolute atomic E-state index is 0.0153. The predicted molar refractivity (Wildman–Crippen MR) is 538 cm³/mol. The Morgan fingerprint density at radius 3 is 0.879 bits per heavy atom. The lowest BCUT2D eigenvalue weighted by molar-refractivity contribution is 0.0418. The number of tetrazole rings is 2. The number of aromatic amines is 6. The maximum Gasteiger partial charge on any atom is 0.191 e. The fourth-order valence-electron chi connectivity index (χ4n) is 23.0. The first-order valence-electron chi connectivity index (χ1n) is 48.1. The van der Waals surface area contributed by atoms with Gasteiger partial charge in [0.25, 0.3) is 0 Å². The molecule has 4 aliphatic rings. The smallest absolute Gasteiger partial charge is 0.191 e. The first kappa shape index (κ1) is 92.0. The van der Waals surface area contributed by atoms with Gasteiger partial charge in [-0.3, -0.25) is 29.4 Å². The highest BCUT2D eigenvalue weighted by atomic mass is 15.5. The van der Waals surface area contributed by atoms with E-state index in [0.29, 0.717) is 36.3 Å². The highest BCUT2D eigenvalue weighted by molar-refractivity contribution is 5.85. The van der Waals surface area contributed by atoms with Crippen molar-refractivity contribution < 1.29 is 0 Å². The molecule has 0 aliphatic heterocycles. The number of nitrogens with one attached hydrogen (secondary N) is 8. The Labute approximate surface area is 780 Å². The van der Waals surface area contributed by atoms with Gasteiger partial charge in [-0.15, -0.1) is 20.4 Å². The molecule has 20 nitrogen and oxygen atoms in total. The topological polar surface area (TPSA) is 216 Å². The van der Waals surface area contributed by atoms with Crippen molar-refractivity contribution in [2.45, 2.75) is 199 Å². The van der Waals surface area contributed by atoms with Crippen LogP contribution in [-0.2, 0) is 47.8 Å². The molecule has 0 bridgehead atoms. The van der Waals surface area contributed by atoms with E-state index in [2.05, 4.69) is 476 Å². The Morgan fingerprint density at radius 1 is 0.288 bits per heavy atom. The Bertz CT molecular complexity index is 6140. The predicted octanol–water partition coefficient (Wildman–Crippen LogP) is 21.5. The Balaban J connectivity index is 0.000000123. The maximum atomic E-state index is 4.39. The number of rotatable bonds is 28. The lowest BCUT2D eigenvalue weighted by Crippen LogP contribution is -2.48. The number of para-hydroxylation sites is 4. The molecule has 20 rings (SSSR count). The zero-order valence-corrected chi connectivity index (χ0v) is 79.0. The molecule has 20 heteroatoms. The van der Waals surface area contributed by atoms with Gasteiger partial charge in [0.1, 0.15) is 0 Å². The summed E-state index contributed by atoms with van der Waals surface area (Å²) < 4.78 is 0. The van der Waals surface area contributed by atoms with E-state index < -0.39 is 0 Å². The van der Waals surface area contributed by atoms with Crippen molar-refractivity contribution in [2.24, 2.45) is 0 Å². The lowest BCUT2D eigenvalue weighted by Gasteiger charge is -2.48. The van der Waals surface area contributed by atoms with Crippen LogP contribution < -0.4 is 10.6 Å². The van der Waals surface area contributed by atoms with E-state index in [0.717, 1.165) is 94.2 Å². The summed E-state index contributed by atoms with van der Waals surface area (Å²) in [6.45, 7) is 0. The molecule has 684 valence electrons. The van der Waals surface area contributed by atoms with E-state index in [1.54, 1.807) is 0 Å². The monoisotopic (exact) mass is 1760 g/mol. The number of hydrogen-bond donors (Lipinski definition) is 8. The van der Waals surface area contributed by atoms with Crippen LogP contribution in [0.4, 0.5) is 0 Å². The van der Waals surface area contributed by atoms with Gasteiger partial charge in [-0.05, 0) is 279 Å². The van der Waals surface area contributed by atoms with E-state index >= 15 is 0 Å². The first-order chi connectivity index (χ1) is 64.5. The van der Waals surface area contributed by atoms with Gasteiger partial charge < -0.3 is 30.6 Å². The second kappa shape index (κ2) is 42.4. The van der Waals surface area contributed by atoms with Gasteiger partial charge in [0.15, 0.2) is 11.6 Å². The molecule has 4 atom stereocenters. The van der Waals surface area contributed by atoms with E-state index in [1.807, 2.05) is 0 Å². The van der Waals surface area contributed by atoms with Gasteiger partial charge in [0, 0.05) is 127 Å². The van der Waals surface area contributed by atoms with Crippen LogP contribution in [0.5, 0.6) is 0 Å². The summed E-state index contributed by atoms with van der Waals surface area (Å²) in [7, 11) is 22.4. The second-order valence-corrected chi connectivity index (χ2v) is 38.6. The third kappa shape index (κ3) is 20.4. The van der Waals surface area contributed by atoms with Crippen molar-refractivity contribution in [3.8, 4) is 0 Å². The van der Waals surface area contributed by atoms with Crippen molar-refractivity contribution >= 4 is 43.6 Å². The summed E-state index contributed by atoms with van der Waals surface area (Å²) in [4.78, 5) is 28.6. The molecule has 16 aromatic rings. The summed E-state index contributed by atoms with van der Waals surface area (Å²) in [6.07, 6.45) is 30.8. The number of benzene rings is 10. The van der Waals surface area contributed by atoms with E-state index in [9.17, 15) is 0 Å². The normalized spacial score (nSPS) is 22.1. The zero-order valence-electron chi connectivity index (χ0n) is 79.0. The minimum atomic E-state index is 0.0153. The molecule has 4 aliphatic carbocycles. The van der Waals surface area contributed by atoms with E-state index in [4.69, 9.17) is 0 Å². The number of hydrogen-bond acceptors (Lipinski definition) is 14. The van der Waals surface area contributed by atoms with Crippen molar-refractivity contribution in [1.82, 2.24) is 101 Å². The average molecular weight is 1760 g/mol. The van der Waals surface area contributed by atoms with Gasteiger partial charge in [-0.25, -0.2) is 0 Å². The summed E-state index contributed by atoms with van der Waals surface area (Å²) in [5.74, 6) is 1.48. The fourth-order valence-corrected chi connectivity index (χ4v) is 23.0. The third-order valence-electron chi connectivity index (χ3n) is 31.0. The Kier molecular flexibility index (Phi) is 29.6. The summed E-state index contributed by atoms with van der Waals surface area (Å²) in [6, 6.07) is 103. The molecule has 8 N–H and O–H groups in total. The number of nitrogens with zero attached hydrogens (tertiary/aromatic N) is 12. The molecular weight excluding hydrogens is 1630 g/mol. The third-order valence-corrected chi connectivity index (χ3v) is 31.0. The van der Waals surface area contributed by atoms with Crippen molar-refractivity contribution in [3.63, 3.8) is 0 Å². The van der Waals surface area contributed by atoms with Gasteiger partial charge in [0.2, 0.25) is 0 Å². The van der Waals surface area contributed by atoms with Crippen molar-refractivity contribution in [1.29, 1.82) is 0 Å². The Hall–Kier alpha value is -11.8. The number of likely N-dealkylation sites (N-methyl/N-ethyl adjacent to an activating group) is 2. The van der Waals surface area contributed by atoms with Gasteiger partial charge in [-0.2, -0.15) is 10.4 Å². The van der Waals surface area contributed by atoms with Crippen LogP contribution in [0, 0.1) is 0 Å². The van der Waals surface area contributed by atoms with Crippen molar-refractivity contribution in [3.05, 3.63) is 371 Å². The molecule has 4 unspecified atom stereocenters. The van der Waals surface area contributed by atoms with Crippen LogP contribution >= 0.6 is 0 Å². The van der Waals surface area contributed by atoms with Gasteiger partial charge >= 0.3 is 0 Å². The Morgan fingerprint density at radius 2 is 0.553 bits per heavy atom. The zero-order chi connectivity index (χ0) is 91.0. The molecule has 10 aromatic carbocycles. The summed E-state index contributed by atoms with van der Waals surface area (Å²) >= 11 is 0. The van der Waals surface area contributed by atoms with Crippen molar-refractivity contribution in [2.75, 3.05) is 70.5 Å².